The predicted molar refractivity (Wildman–Crippen MR) is 47.9 cm³/mol. The monoisotopic (exact) mass is 234 g/mol. The fourth-order valence-corrected chi connectivity index (χ4v) is 1.12. The van der Waals surface area contributed by atoms with E-state index in [1.54, 1.807) is 0 Å². The van der Waals surface area contributed by atoms with Crippen LogP contribution in [0.1, 0.15) is 0 Å². The van der Waals surface area contributed by atoms with Crippen molar-refractivity contribution in [2.24, 2.45) is 5.16 Å². The van der Waals surface area contributed by atoms with Crippen LogP contribution in [0.15, 0.2) is 26.8 Å². The third kappa shape index (κ3) is 1.70. The van der Waals surface area contributed by atoms with Crippen molar-refractivity contribution in [1.29, 1.82) is 5.41 Å². The fourth-order valence-electron chi connectivity index (χ4n) is 0.619. The minimum Gasteiger partial charge on any atom is -0.410 e. The van der Waals surface area contributed by atoms with Crippen molar-refractivity contribution in [1.82, 2.24) is 0 Å². The summed E-state index contributed by atoms with van der Waals surface area (Å²) in [4.78, 5) is 0. The van der Waals surface area contributed by atoms with Gasteiger partial charge in [0.2, 0.25) is 0 Å². The molecular weight excluding hydrogens is 231 g/mol. The molecular formula is C6H4BrClN2O. The number of nitrogens with one attached hydrogen (secondary N) is 1. The smallest absolute Gasteiger partial charge is 0.129 e. The van der Waals surface area contributed by atoms with E-state index >= 15 is 0 Å². The summed E-state index contributed by atoms with van der Waals surface area (Å²) in [7, 11) is 0. The lowest BCUT2D eigenvalue weighted by atomic mass is 10.1. The first-order chi connectivity index (χ1) is 5.15. The molecule has 0 aromatic rings. The third-order valence-electron chi connectivity index (χ3n) is 1.15. The van der Waals surface area contributed by atoms with Crippen LogP contribution in [-0.4, -0.2) is 16.6 Å². The second-order valence-corrected chi connectivity index (χ2v) is 3.15. The minimum atomic E-state index is 0.128. The summed E-state index contributed by atoms with van der Waals surface area (Å²) in [6.45, 7) is 0. The molecule has 0 spiro atoms. The molecule has 0 atom stereocenters. The molecule has 0 radical (unpaired) electrons. The average molecular weight is 235 g/mol. The number of allylic oxidation sites excluding steroid dienone is 4. The summed E-state index contributed by atoms with van der Waals surface area (Å²) in [5.74, 6) is 0. The Labute approximate surface area is 76.7 Å². The van der Waals surface area contributed by atoms with Crippen LogP contribution in [0, 0.1) is 5.41 Å². The van der Waals surface area contributed by atoms with Gasteiger partial charge in [-0.05, 0) is 28.1 Å². The molecule has 0 heterocycles. The Bertz CT molecular complexity index is 293. The van der Waals surface area contributed by atoms with Crippen LogP contribution >= 0.6 is 27.5 Å². The lowest BCUT2D eigenvalue weighted by molar-refractivity contribution is 0.320. The molecule has 2 N–H and O–H groups in total. The Morgan fingerprint density at radius 1 is 1.55 bits per heavy atom. The van der Waals surface area contributed by atoms with Crippen molar-refractivity contribution in [3.8, 4) is 0 Å². The number of hydrogen-bond donors (Lipinski definition) is 2. The molecule has 1 aliphatic rings. The van der Waals surface area contributed by atoms with Gasteiger partial charge < -0.3 is 5.21 Å². The molecule has 0 amide bonds. The Kier molecular flexibility index (Phi) is 2.46. The Balaban J connectivity index is 3.08. The molecule has 3 nitrogen and oxygen atoms in total. The Hall–Kier alpha value is -0.610. The number of oxime groups is 1. The maximum absolute atomic E-state index is 8.36. The van der Waals surface area contributed by atoms with Gasteiger partial charge in [-0.15, -0.1) is 0 Å². The van der Waals surface area contributed by atoms with E-state index in [2.05, 4.69) is 21.1 Å². The molecule has 5 heteroatoms. The van der Waals surface area contributed by atoms with Crippen LogP contribution in [0.4, 0.5) is 0 Å². The molecule has 0 aromatic carbocycles. The second kappa shape index (κ2) is 3.19. The minimum absolute atomic E-state index is 0.128. The largest absolute Gasteiger partial charge is 0.410 e. The summed E-state index contributed by atoms with van der Waals surface area (Å²) < 4.78 is 0.622. The van der Waals surface area contributed by atoms with Crippen molar-refractivity contribution in [3.05, 3.63) is 21.7 Å². The summed E-state index contributed by atoms with van der Waals surface area (Å²) in [6.07, 6.45) is 2.88. The molecule has 1 aliphatic carbocycles. The maximum Gasteiger partial charge on any atom is 0.129 e. The van der Waals surface area contributed by atoms with Gasteiger partial charge in [0, 0.05) is 4.48 Å². The highest BCUT2D eigenvalue weighted by molar-refractivity contribution is 9.12. The molecule has 0 fully saturated rings. The lowest BCUT2D eigenvalue weighted by Gasteiger charge is -2.05. The summed E-state index contributed by atoms with van der Waals surface area (Å²) in [5.41, 5.74) is 0.293. The van der Waals surface area contributed by atoms with Gasteiger partial charge in [-0.1, -0.05) is 16.8 Å². The maximum atomic E-state index is 8.36. The molecule has 0 aromatic heterocycles. The van der Waals surface area contributed by atoms with Crippen molar-refractivity contribution in [2.45, 2.75) is 0 Å². The SMILES string of the molecule is N=C1C=C(Br)C(Cl)=C/C1=N/O. The van der Waals surface area contributed by atoms with E-state index in [1.165, 1.54) is 12.2 Å². The Morgan fingerprint density at radius 3 is 2.73 bits per heavy atom. The zero-order valence-corrected chi connectivity index (χ0v) is 7.65. The van der Waals surface area contributed by atoms with Crippen LogP contribution in [0.5, 0.6) is 0 Å². The van der Waals surface area contributed by atoms with Gasteiger partial charge in [-0.2, -0.15) is 0 Å². The molecule has 11 heavy (non-hydrogen) atoms. The zero-order chi connectivity index (χ0) is 8.43. The van der Waals surface area contributed by atoms with E-state index in [0.29, 0.717) is 9.51 Å². The lowest BCUT2D eigenvalue weighted by Crippen LogP contribution is -2.11. The van der Waals surface area contributed by atoms with Crippen LogP contribution in [0.3, 0.4) is 0 Å². The van der Waals surface area contributed by atoms with Gasteiger partial charge in [0.1, 0.15) is 5.71 Å². The molecule has 0 bridgehead atoms. The first kappa shape index (κ1) is 8.49. The van der Waals surface area contributed by atoms with Gasteiger partial charge in [0.05, 0.1) is 10.7 Å². The van der Waals surface area contributed by atoms with E-state index in [9.17, 15) is 0 Å². The van der Waals surface area contributed by atoms with Crippen LogP contribution in [-0.2, 0) is 0 Å². The van der Waals surface area contributed by atoms with E-state index in [-0.39, 0.29) is 11.4 Å². The molecule has 0 saturated carbocycles. The first-order valence-electron chi connectivity index (χ1n) is 2.71. The van der Waals surface area contributed by atoms with Gasteiger partial charge in [-0.3, -0.25) is 5.41 Å². The third-order valence-corrected chi connectivity index (χ3v) is 2.34. The highest BCUT2D eigenvalue weighted by Crippen LogP contribution is 2.24. The van der Waals surface area contributed by atoms with Crippen molar-refractivity contribution < 1.29 is 5.21 Å². The number of hydrogen-bond acceptors (Lipinski definition) is 3. The molecule has 0 aliphatic heterocycles. The van der Waals surface area contributed by atoms with Gasteiger partial charge in [-0.25, -0.2) is 0 Å². The molecule has 0 unspecified atom stereocenters. The van der Waals surface area contributed by atoms with Gasteiger partial charge in [0.25, 0.3) is 0 Å². The molecule has 58 valence electrons. The second-order valence-electron chi connectivity index (χ2n) is 1.88. The number of rotatable bonds is 0. The average Bonchev–Trinajstić information content (AvgIpc) is 1.97. The van der Waals surface area contributed by atoms with Crippen LogP contribution in [0.2, 0.25) is 0 Å². The summed E-state index contributed by atoms with van der Waals surface area (Å²) in [5, 5.41) is 18.9. The van der Waals surface area contributed by atoms with Crippen molar-refractivity contribution in [2.75, 3.05) is 0 Å². The topological polar surface area (TPSA) is 56.4 Å². The Morgan fingerprint density at radius 2 is 2.18 bits per heavy atom. The highest BCUT2D eigenvalue weighted by atomic mass is 79.9. The van der Waals surface area contributed by atoms with Crippen LogP contribution < -0.4 is 0 Å². The fraction of sp³-hybridized carbons (Fsp3) is 0. The molecule has 1 rings (SSSR count). The molecule has 0 saturated heterocycles. The van der Waals surface area contributed by atoms with E-state index in [1.807, 2.05) is 0 Å². The van der Waals surface area contributed by atoms with Crippen molar-refractivity contribution >= 4 is 39.0 Å². The van der Waals surface area contributed by atoms with E-state index < -0.39 is 0 Å². The van der Waals surface area contributed by atoms with Crippen molar-refractivity contribution in [3.63, 3.8) is 0 Å². The van der Waals surface area contributed by atoms with E-state index in [4.69, 9.17) is 22.2 Å². The highest BCUT2D eigenvalue weighted by Gasteiger charge is 2.12. The number of halogens is 2. The summed E-state index contributed by atoms with van der Waals surface area (Å²) in [6, 6.07) is 0. The van der Waals surface area contributed by atoms with E-state index in [0.717, 1.165) is 0 Å². The van der Waals surface area contributed by atoms with Gasteiger partial charge >= 0.3 is 0 Å². The first-order valence-corrected chi connectivity index (χ1v) is 3.88. The zero-order valence-electron chi connectivity index (χ0n) is 5.31. The summed E-state index contributed by atoms with van der Waals surface area (Å²) >= 11 is 8.80. The normalized spacial score (nSPS) is 21.6. The predicted octanol–water partition coefficient (Wildman–Crippen LogP) is 2.25. The number of nitrogens with zero attached hydrogens (tertiary/aromatic N) is 1. The van der Waals surface area contributed by atoms with Gasteiger partial charge in [0.15, 0.2) is 0 Å². The quantitative estimate of drug-likeness (QED) is 0.378. The van der Waals surface area contributed by atoms with Crippen LogP contribution in [0.25, 0.3) is 0 Å². The standard InChI is InChI=1S/C6H4BrClN2O/c7-3-1-5(9)6(10-11)2-4(3)8/h1-2,9,11H/b9-5?,10-6-.